The molecule has 0 aliphatic carbocycles. The van der Waals surface area contributed by atoms with Crippen LogP contribution >= 0.6 is 23.2 Å². The van der Waals surface area contributed by atoms with Gasteiger partial charge in [0.15, 0.2) is 12.5 Å². The summed E-state index contributed by atoms with van der Waals surface area (Å²) < 4.78 is 0. The molecule has 3 aliphatic heterocycles. The molecule has 0 aromatic heterocycles. The Morgan fingerprint density at radius 3 is 1.59 bits per heavy atom. The van der Waals surface area contributed by atoms with E-state index in [0.29, 0.717) is 10.0 Å². The molecule has 3 aliphatic rings. The van der Waals surface area contributed by atoms with Crippen molar-refractivity contribution in [1.82, 2.24) is 0 Å². The van der Waals surface area contributed by atoms with Crippen molar-refractivity contribution in [1.29, 1.82) is 0 Å². The number of hydrogen-bond donors (Lipinski definition) is 0. The molecule has 2 unspecified atom stereocenters. The molecule has 0 N–H and O–H groups in total. The van der Waals surface area contributed by atoms with Gasteiger partial charge in [-0.15, -0.1) is 0 Å². The second-order valence-electron chi connectivity index (χ2n) is 5.31. The van der Waals surface area contributed by atoms with Crippen molar-refractivity contribution >= 4 is 34.6 Å². The lowest BCUT2D eigenvalue weighted by atomic mass is 10.1. The lowest BCUT2D eigenvalue weighted by Gasteiger charge is -2.50. The third kappa shape index (κ3) is 2.52. The number of hydrogen-bond acceptors (Lipinski definition) is 4. The molecular weight excluding hydrogens is 323 g/mol. The average Bonchev–Trinajstić information content (AvgIpc) is 2.55. The van der Waals surface area contributed by atoms with E-state index in [0.717, 1.165) is 24.2 Å². The van der Waals surface area contributed by atoms with Crippen molar-refractivity contribution in [2.75, 3.05) is 10.1 Å². The van der Waals surface area contributed by atoms with E-state index in [1.165, 1.54) is 0 Å². The Kier molecular flexibility index (Phi) is 3.62. The Hall–Kier alpha value is -1.46. The molecule has 0 saturated carbocycles. The molecule has 2 aromatic carbocycles. The molecule has 3 saturated heterocycles. The first-order valence-corrected chi connectivity index (χ1v) is 7.89. The summed E-state index contributed by atoms with van der Waals surface area (Å²) >= 11 is 12.1. The Labute approximate surface area is 138 Å². The van der Waals surface area contributed by atoms with Gasteiger partial charge in [0.2, 0.25) is 0 Å². The topological polar surface area (TPSA) is 24.9 Å². The van der Waals surface area contributed by atoms with Crippen LogP contribution in [0.1, 0.15) is 12.8 Å². The summed E-state index contributed by atoms with van der Waals surface area (Å²) in [4.78, 5) is 12.1. The van der Waals surface area contributed by atoms with Crippen LogP contribution in [0.4, 0.5) is 11.4 Å². The minimum absolute atomic E-state index is 0.178. The summed E-state index contributed by atoms with van der Waals surface area (Å²) in [5, 5.41) is 4.94. The predicted octanol–water partition coefficient (Wildman–Crippen LogP) is 4.63. The first-order valence-electron chi connectivity index (χ1n) is 7.14. The van der Waals surface area contributed by atoms with Gasteiger partial charge in [0.1, 0.15) is 0 Å². The highest BCUT2D eigenvalue weighted by Gasteiger charge is 2.42. The second-order valence-corrected chi connectivity index (χ2v) is 6.18. The van der Waals surface area contributed by atoms with Crippen LogP contribution in [0.5, 0.6) is 0 Å². The van der Waals surface area contributed by atoms with Gasteiger partial charge < -0.3 is 0 Å². The summed E-state index contributed by atoms with van der Waals surface area (Å²) in [5.74, 6) is 0. The summed E-state index contributed by atoms with van der Waals surface area (Å²) in [6.45, 7) is 0. The van der Waals surface area contributed by atoms with E-state index in [1.54, 1.807) is 10.1 Å². The van der Waals surface area contributed by atoms with Crippen LogP contribution in [0.25, 0.3) is 0 Å². The number of nitrogens with zero attached hydrogens (tertiary/aromatic N) is 2. The van der Waals surface area contributed by atoms with Crippen LogP contribution in [-0.4, -0.2) is 12.5 Å². The van der Waals surface area contributed by atoms with E-state index in [2.05, 4.69) is 0 Å². The molecule has 6 heteroatoms. The summed E-state index contributed by atoms with van der Waals surface area (Å²) in [5.41, 5.74) is 1.79. The number of halogens is 2. The molecule has 2 atom stereocenters. The van der Waals surface area contributed by atoms with Gasteiger partial charge in [-0.05, 0) is 36.4 Å². The maximum Gasteiger partial charge on any atom is 0.181 e. The zero-order valence-corrected chi connectivity index (χ0v) is 13.2. The van der Waals surface area contributed by atoms with Crippen molar-refractivity contribution in [3.8, 4) is 0 Å². The quantitative estimate of drug-likeness (QED) is 0.798. The fourth-order valence-electron chi connectivity index (χ4n) is 2.79. The van der Waals surface area contributed by atoms with E-state index in [-0.39, 0.29) is 12.5 Å². The molecule has 0 radical (unpaired) electrons. The van der Waals surface area contributed by atoms with Crippen molar-refractivity contribution in [3.05, 3.63) is 58.6 Å². The second kappa shape index (κ2) is 5.63. The zero-order valence-electron chi connectivity index (χ0n) is 11.7. The van der Waals surface area contributed by atoms with Crippen molar-refractivity contribution in [3.63, 3.8) is 0 Å². The van der Waals surface area contributed by atoms with E-state index in [1.807, 2.05) is 48.5 Å². The largest absolute Gasteiger partial charge is 0.244 e. The SMILES string of the molecule is Clc1cccc(N2OC3CCC2ON3c2cccc(Cl)c2)c1. The van der Waals surface area contributed by atoms with E-state index >= 15 is 0 Å². The lowest BCUT2D eigenvalue weighted by molar-refractivity contribution is -0.206. The summed E-state index contributed by atoms with van der Waals surface area (Å²) in [6.07, 6.45) is 1.44. The standard InChI is InChI=1S/C16H14Cl2N2O2/c17-11-3-1-5-13(9-11)19-15-7-8-16(21-19)20(22-15)14-6-2-4-12(18)10-14/h1-6,9-10,15-16H,7-8H2. The number of rotatable bonds is 2. The molecule has 2 aromatic rings. The molecular formula is C16H14Cl2N2O2. The van der Waals surface area contributed by atoms with Crippen molar-refractivity contribution in [2.24, 2.45) is 0 Å². The highest BCUT2D eigenvalue weighted by molar-refractivity contribution is 6.31. The molecule has 2 bridgehead atoms. The number of anilines is 2. The zero-order chi connectivity index (χ0) is 15.1. The van der Waals surface area contributed by atoms with Gasteiger partial charge in [-0.25, -0.2) is 19.8 Å². The van der Waals surface area contributed by atoms with Crippen LogP contribution < -0.4 is 10.1 Å². The third-order valence-corrected chi connectivity index (χ3v) is 4.25. The van der Waals surface area contributed by atoms with Gasteiger partial charge in [-0.1, -0.05) is 35.3 Å². The highest BCUT2D eigenvalue weighted by atomic mass is 35.5. The maximum atomic E-state index is 6.07. The van der Waals surface area contributed by atoms with Gasteiger partial charge in [0.25, 0.3) is 0 Å². The van der Waals surface area contributed by atoms with Gasteiger partial charge in [-0.3, -0.25) is 0 Å². The van der Waals surface area contributed by atoms with Crippen LogP contribution in [0.3, 0.4) is 0 Å². The molecule has 0 amide bonds. The molecule has 3 fully saturated rings. The monoisotopic (exact) mass is 336 g/mol. The fraction of sp³-hybridized carbons (Fsp3) is 0.250. The van der Waals surface area contributed by atoms with Gasteiger partial charge in [0.05, 0.1) is 11.4 Å². The van der Waals surface area contributed by atoms with E-state index in [4.69, 9.17) is 32.9 Å². The number of fused-ring (bicyclic) bond motifs is 3. The van der Waals surface area contributed by atoms with E-state index in [9.17, 15) is 0 Å². The van der Waals surface area contributed by atoms with Gasteiger partial charge in [-0.2, -0.15) is 0 Å². The minimum Gasteiger partial charge on any atom is -0.244 e. The lowest BCUT2D eigenvalue weighted by Crippen LogP contribution is -2.60. The maximum absolute atomic E-state index is 6.07. The van der Waals surface area contributed by atoms with Crippen LogP contribution in [0.2, 0.25) is 10.0 Å². The molecule has 3 heterocycles. The normalized spacial score (nSPS) is 23.9. The highest BCUT2D eigenvalue weighted by Crippen LogP contribution is 2.38. The molecule has 114 valence electrons. The van der Waals surface area contributed by atoms with Gasteiger partial charge >= 0.3 is 0 Å². The first kappa shape index (κ1) is 14.2. The van der Waals surface area contributed by atoms with Crippen molar-refractivity contribution < 1.29 is 9.68 Å². The number of benzene rings is 2. The third-order valence-electron chi connectivity index (χ3n) is 3.78. The molecule has 4 nitrogen and oxygen atoms in total. The van der Waals surface area contributed by atoms with Gasteiger partial charge in [0, 0.05) is 22.9 Å². The Bertz CT molecular complexity index is 638. The molecule has 5 rings (SSSR count). The minimum atomic E-state index is -0.178. The Morgan fingerprint density at radius 1 is 0.773 bits per heavy atom. The molecule has 22 heavy (non-hydrogen) atoms. The van der Waals surface area contributed by atoms with E-state index < -0.39 is 0 Å². The Balaban J connectivity index is 1.59. The first-order chi connectivity index (χ1) is 10.7. The van der Waals surface area contributed by atoms with Crippen molar-refractivity contribution in [2.45, 2.75) is 25.3 Å². The predicted molar refractivity (Wildman–Crippen MR) is 86.8 cm³/mol. The Morgan fingerprint density at radius 2 is 1.23 bits per heavy atom. The smallest absolute Gasteiger partial charge is 0.181 e. The summed E-state index contributed by atoms with van der Waals surface area (Å²) in [6, 6.07) is 15.1. The average molecular weight is 337 g/mol. The number of hydroxylamine groups is 2. The summed E-state index contributed by atoms with van der Waals surface area (Å²) in [7, 11) is 0. The van der Waals surface area contributed by atoms with Crippen LogP contribution in [0, 0.1) is 0 Å². The molecule has 0 spiro atoms. The van der Waals surface area contributed by atoms with Crippen LogP contribution in [0.15, 0.2) is 48.5 Å². The fourth-order valence-corrected chi connectivity index (χ4v) is 3.16. The van der Waals surface area contributed by atoms with Crippen LogP contribution in [-0.2, 0) is 9.68 Å².